The highest BCUT2D eigenvalue weighted by Crippen LogP contribution is 2.30. The number of piperidine rings is 1. The smallest absolute Gasteiger partial charge is 0.303 e. The number of aromatic nitrogens is 1. The van der Waals surface area contributed by atoms with Gasteiger partial charge in [0.05, 0.1) is 9.95 Å². The van der Waals surface area contributed by atoms with Gasteiger partial charge in [-0.25, -0.2) is 4.98 Å². The number of hydrogen-bond donors (Lipinski definition) is 1. The Kier molecular flexibility index (Phi) is 4.39. The number of carboxylic acids is 1. The molecule has 8 heteroatoms. The number of nitrogens with zero attached hydrogens (tertiary/aromatic N) is 3. The van der Waals surface area contributed by atoms with Gasteiger partial charge in [0.1, 0.15) is 12.0 Å². The number of anilines is 1. The number of halogens is 1. The third-order valence-corrected chi connectivity index (χ3v) is 3.67. The lowest BCUT2D eigenvalue weighted by atomic mass is 9.94. The van der Waals surface area contributed by atoms with Crippen LogP contribution in [0.3, 0.4) is 0 Å². The monoisotopic (exact) mass is 299 g/mol. The lowest BCUT2D eigenvalue weighted by Crippen LogP contribution is -2.35. The lowest BCUT2D eigenvalue weighted by Gasteiger charge is -2.32. The molecule has 108 valence electrons. The fraction of sp³-hybridized carbons (Fsp3) is 0.500. The van der Waals surface area contributed by atoms with Crippen LogP contribution in [0.4, 0.5) is 11.5 Å². The Bertz CT molecular complexity index is 529. The Morgan fingerprint density at radius 1 is 1.55 bits per heavy atom. The number of aliphatic carboxylic acids is 1. The molecule has 2 rings (SSSR count). The third-order valence-electron chi connectivity index (χ3n) is 3.40. The summed E-state index contributed by atoms with van der Waals surface area (Å²) in [6, 6.07) is 1.28. The van der Waals surface area contributed by atoms with Gasteiger partial charge < -0.3 is 10.0 Å². The van der Waals surface area contributed by atoms with Gasteiger partial charge in [0.15, 0.2) is 0 Å². The summed E-state index contributed by atoms with van der Waals surface area (Å²) in [5, 5.41) is 19.6. The first kappa shape index (κ1) is 14.5. The van der Waals surface area contributed by atoms with Gasteiger partial charge in [-0.05, 0) is 18.8 Å². The molecule has 0 bridgehead atoms. The molecule has 1 aliphatic rings. The van der Waals surface area contributed by atoms with Crippen molar-refractivity contribution in [3.05, 3.63) is 27.4 Å². The van der Waals surface area contributed by atoms with Gasteiger partial charge in [-0.1, -0.05) is 11.6 Å². The van der Waals surface area contributed by atoms with Crippen molar-refractivity contribution in [2.75, 3.05) is 18.0 Å². The van der Waals surface area contributed by atoms with Crippen LogP contribution >= 0.6 is 11.6 Å². The van der Waals surface area contributed by atoms with Crippen LogP contribution in [0.15, 0.2) is 12.3 Å². The van der Waals surface area contributed by atoms with Crippen LogP contribution in [-0.2, 0) is 4.79 Å². The predicted molar refractivity (Wildman–Crippen MR) is 73.1 cm³/mol. The van der Waals surface area contributed by atoms with Crippen LogP contribution in [0.2, 0.25) is 5.02 Å². The second-order valence-corrected chi connectivity index (χ2v) is 5.19. The van der Waals surface area contributed by atoms with E-state index in [2.05, 4.69) is 4.98 Å². The summed E-state index contributed by atoms with van der Waals surface area (Å²) in [7, 11) is 0. The molecule has 1 N–H and O–H groups in total. The average Bonchev–Trinajstić information content (AvgIpc) is 2.39. The van der Waals surface area contributed by atoms with Crippen molar-refractivity contribution >= 4 is 29.1 Å². The minimum Gasteiger partial charge on any atom is -0.481 e. The molecule has 0 unspecified atom stereocenters. The summed E-state index contributed by atoms with van der Waals surface area (Å²) >= 11 is 6.02. The van der Waals surface area contributed by atoms with E-state index in [4.69, 9.17) is 16.7 Å². The van der Waals surface area contributed by atoms with E-state index in [-0.39, 0.29) is 23.0 Å². The SMILES string of the molecule is O=C(O)CC1CCN(c2ncc([N+](=O)[O-])cc2Cl)CC1. The quantitative estimate of drug-likeness (QED) is 0.677. The molecule has 0 aliphatic carbocycles. The van der Waals surface area contributed by atoms with Gasteiger partial charge in [-0.3, -0.25) is 14.9 Å². The summed E-state index contributed by atoms with van der Waals surface area (Å²) < 4.78 is 0. The van der Waals surface area contributed by atoms with Crippen molar-refractivity contribution < 1.29 is 14.8 Å². The first-order chi connectivity index (χ1) is 9.47. The molecular weight excluding hydrogens is 286 g/mol. The number of nitro groups is 1. The van der Waals surface area contributed by atoms with E-state index in [9.17, 15) is 14.9 Å². The molecule has 1 aromatic heterocycles. The molecule has 1 saturated heterocycles. The van der Waals surface area contributed by atoms with E-state index in [0.29, 0.717) is 18.9 Å². The third kappa shape index (κ3) is 3.36. The molecule has 0 saturated carbocycles. The van der Waals surface area contributed by atoms with Crippen LogP contribution in [0.1, 0.15) is 19.3 Å². The largest absolute Gasteiger partial charge is 0.481 e. The van der Waals surface area contributed by atoms with Crippen LogP contribution in [0.5, 0.6) is 0 Å². The Balaban J connectivity index is 2.03. The van der Waals surface area contributed by atoms with Gasteiger partial charge >= 0.3 is 5.97 Å². The Labute approximate surface area is 120 Å². The summed E-state index contributed by atoms with van der Waals surface area (Å²) in [5.74, 6) is -0.0958. The normalized spacial score (nSPS) is 16.1. The summed E-state index contributed by atoms with van der Waals surface area (Å²) in [6.07, 6.45) is 2.86. The molecule has 1 aliphatic heterocycles. The topological polar surface area (TPSA) is 96.6 Å². The van der Waals surface area contributed by atoms with Crippen molar-refractivity contribution in [2.24, 2.45) is 5.92 Å². The highest BCUT2D eigenvalue weighted by atomic mass is 35.5. The molecule has 1 fully saturated rings. The number of rotatable bonds is 4. The number of pyridine rings is 1. The summed E-state index contributed by atoms with van der Waals surface area (Å²) in [6.45, 7) is 1.31. The first-order valence-electron chi connectivity index (χ1n) is 6.24. The fourth-order valence-electron chi connectivity index (χ4n) is 2.35. The predicted octanol–water partition coefficient (Wildman–Crippen LogP) is 2.33. The van der Waals surface area contributed by atoms with E-state index < -0.39 is 10.9 Å². The van der Waals surface area contributed by atoms with Crippen molar-refractivity contribution in [3.63, 3.8) is 0 Å². The van der Waals surface area contributed by atoms with Gasteiger partial charge in [-0.2, -0.15) is 0 Å². The zero-order valence-corrected chi connectivity index (χ0v) is 11.4. The molecule has 2 heterocycles. The highest BCUT2D eigenvalue weighted by Gasteiger charge is 2.24. The van der Waals surface area contributed by atoms with E-state index in [1.165, 1.54) is 12.3 Å². The van der Waals surface area contributed by atoms with E-state index in [1.807, 2.05) is 4.90 Å². The zero-order chi connectivity index (χ0) is 14.7. The molecule has 0 aromatic carbocycles. The maximum absolute atomic E-state index is 10.7. The molecular formula is C12H14ClN3O4. The molecule has 0 radical (unpaired) electrons. The van der Waals surface area contributed by atoms with E-state index >= 15 is 0 Å². The zero-order valence-electron chi connectivity index (χ0n) is 10.7. The Morgan fingerprint density at radius 3 is 2.70 bits per heavy atom. The Morgan fingerprint density at radius 2 is 2.20 bits per heavy atom. The van der Waals surface area contributed by atoms with Gasteiger partial charge in [0, 0.05) is 25.6 Å². The second-order valence-electron chi connectivity index (χ2n) is 4.78. The molecule has 0 atom stereocenters. The van der Waals surface area contributed by atoms with E-state index in [1.54, 1.807) is 0 Å². The minimum absolute atomic E-state index is 0.139. The highest BCUT2D eigenvalue weighted by molar-refractivity contribution is 6.33. The van der Waals surface area contributed by atoms with Crippen molar-refractivity contribution in [1.82, 2.24) is 4.98 Å². The maximum atomic E-state index is 10.7. The standard InChI is InChI=1S/C12H14ClN3O4/c13-10-6-9(16(19)20)7-14-12(10)15-3-1-8(2-4-15)5-11(17)18/h6-8H,1-5H2,(H,17,18). The maximum Gasteiger partial charge on any atom is 0.303 e. The molecule has 20 heavy (non-hydrogen) atoms. The van der Waals surface area contributed by atoms with Gasteiger partial charge in [0.25, 0.3) is 5.69 Å². The van der Waals surface area contributed by atoms with E-state index in [0.717, 1.165) is 12.8 Å². The van der Waals surface area contributed by atoms with Crippen molar-refractivity contribution in [2.45, 2.75) is 19.3 Å². The number of carboxylic acid groups (broad SMARTS) is 1. The van der Waals surface area contributed by atoms with Crippen LogP contribution < -0.4 is 4.90 Å². The van der Waals surface area contributed by atoms with Gasteiger partial charge in [-0.15, -0.1) is 0 Å². The fourth-order valence-corrected chi connectivity index (χ4v) is 2.63. The summed E-state index contributed by atoms with van der Waals surface area (Å²) in [4.78, 5) is 26.7. The number of hydrogen-bond acceptors (Lipinski definition) is 5. The van der Waals surface area contributed by atoms with Crippen LogP contribution in [0.25, 0.3) is 0 Å². The average molecular weight is 300 g/mol. The van der Waals surface area contributed by atoms with Crippen molar-refractivity contribution in [3.8, 4) is 0 Å². The first-order valence-corrected chi connectivity index (χ1v) is 6.62. The molecule has 0 amide bonds. The van der Waals surface area contributed by atoms with Crippen LogP contribution in [-0.4, -0.2) is 34.1 Å². The molecule has 7 nitrogen and oxygen atoms in total. The number of carbonyl (C=O) groups is 1. The van der Waals surface area contributed by atoms with Gasteiger partial charge in [0.2, 0.25) is 0 Å². The summed E-state index contributed by atoms with van der Waals surface area (Å²) in [5.41, 5.74) is -0.139. The van der Waals surface area contributed by atoms with Crippen molar-refractivity contribution in [1.29, 1.82) is 0 Å². The molecule has 0 spiro atoms. The molecule has 1 aromatic rings. The Hall–Kier alpha value is -1.89. The lowest BCUT2D eigenvalue weighted by molar-refractivity contribution is -0.385. The van der Waals surface area contributed by atoms with Crippen LogP contribution in [0, 0.1) is 16.0 Å². The minimum atomic E-state index is -0.782. The second kappa shape index (κ2) is 6.04.